The first-order valence-corrected chi connectivity index (χ1v) is 6.62. The lowest BCUT2D eigenvalue weighted by Gasteiger charge is -2.13. The van der Waals surface area contributed by atoms with Crippen molar-refractivity contribution >= 4 is 53.7 Å². The second-order valence-corrected chi connectivity index (χ2v) is 5.64. The third-order valence-electron chi connectivity index (χ3n) is 1.74. The molecule has 16 heavy (non-hydrogen) atoms. The van der Waals surface area contributed by atoms with Crippen molar-refractivity contribution in [3.63, 3.8) is 0 Å². The fourth-order valence-electron chi connectivity index (χ4n) is 0.922. The van der Waals surface area contributed by atoms with Crippen LogP contribution in [0.4, 0.5) is 0 Å². The van der Waals surface area contributed by atoms with Crippen LogP contribution in [0, 0.1) is 0 Å². The van der Waals surface area contributed by atoms with Gasteiger partial charge in [0.1, 0.15) is 18.4 Å². The van der Waals surface area contributed by atoms with E-state index < -0.39 is 11.9 Å². The number of carbonyl (C=O) groups is 1. The van der Waals surface area contributed by atoms with Gasteiger partial charge in [-0.1, -0.05) is 15.9 Å². The Bertz CT molecular complexity index is 389. The van der Waals surface area contributed by atoms with Crippen molar-refractivity contribution in [2.24, 2.45) is 11.5 Å². The summed E-state index contributed by atoms with van der Waals surface area (Å²) in [5.74, 6) is -0.00995. The van der Waals surface area contributed by atoms with E-state index in [2.05, 4.69) is 47.8 Å². The molecule has 0 aliphatic rings. The summed E-state index contributed by atoms with van der Waals surface area (Å²) in [5, 5.41) is 0. The molecule has 1 atom stereocenters. The highest BCUT2D eigenvalue weighted by molar-refractivity contribution is 9.11. The normalized spacial score (nSPS) is 12.2. The van der Waals surface area contributed by atoms with Crippen LogP contribution in [0.3, 0.4) is 0 Å². The van der Waals surface area contributed by atoms with Crippen molar-refractivity contribution in [2.75, 3.05) is 6.61 Å². The molecule has 0 aliphatic carbocycles. The van der Waals surface area contributed by atoms with E-state index in [1.54, 1.807) is 0 Å². The van der Waals surface area contributed by atoms with Gasteiger partial charge in [-0.2, -0.15) is 0 Å². The zero-order chi connectivity index (χ0) is 12.3. The van der Waals surface area contributed by atoms with Crippen molar-refractivity contribution in [3.8, 4) is 5.75 Å². The molecule has 4 nitrogen and oxygen atoms in total. The minimum absolute atomic E-state index is 0.0359. The Balaban J connectivity index is 2.78. The molecule has 0 spiro atoms. The van der Waals surface area contributed by atoms with Crippen molar-refractivity contribution in [3.05, 3.63) is 25.6 Å². The molecular formula is C9H9Br3N2O2. The predicted molar refractivity (Wildman–Crippen MR) is 72.2 cm³/mol. The molecule has 0 saturated carbocycles. The molecule has 1 amide bonds. The van der Waals surface area contributed by atoms with Crippen LogP contribution in [-0.4, -0.2) is 18.6 Å². The Labute approximate surface area is 118 Å². The molecule has 0 aromatic heterocycles. The van der Waals surface area contributed by atoms with Crippen molar-refractivity contribution < 1.29 is 9.53 Å². The summed E-state index contributed by atoms with van der Waals surface area (Å²) in [6, 6.07) is 2.84. The predicted octanol–water partition coefficient (Wildman–Crippen LogP) is 2.17. The number of hydrogen-bond acceptors (Lipinski definition) is 3. The lowest BCUT2D eigenvalue weighted by molar-refractivity contribution is -0.119. The zero-order valence-corrected chi connectivity index (χ0v) is 12.8. The number of nitrogens with two attached hydrogens (primary N) is 2. The SMILES string of the molecule is NC(=O)C(N)COc1c(Br)cc(Br)cc1Br. The minimum atomic E-state index is -0.817. The van der Waals surface area contributed by atoms with Crippen LogP contribution < -0.4 is 16.2 Å². The van der Waals surface area contributed by atoms with Crippen LogP contribution in [0.2, 0.25) is 0 Å². The van der Waals surface area contributed by atoms with Gasteiger partial charge in [-0.3, -0.25) is 4.79 Å². The fourth-order valence-corrected chi connectivity index (χ4v) is 3.41. The average Bonchev–Trinajstić information content (AvgIpc) is 2.15. The van der Waals surface area contributed by atoms with Gasteiger partial charge in [-0.15, -0.1) is 0 Å². The van der Waals surface area contributed by atoms with E-state index in [1.807, 2.05) is 12.1 Å². The topological polar surface area (TPSA) is 78.3 Å². The summed E-state index contributed by atoms with van der Waals surface area (Å²) in [7, 11) is 0. The van der Waals surface area contributed by atoms with Crippen LogP contribution in [0.15, 0.2) is 25.6 Å². The summed E-state index contributed by atoms with van der Waals surface area (Å²) in [6.45, 7) is 0.0359. The van der Waals surface area contributed by atoms with Crippen LogP contribution in [0.1, 0.15) is 0 Å². The Morgan fingerprint density at radius 2 is 1.81 bits per heavy atom. The molecule has 1 aromatic carbocycles. The lowest BCUT2D eigenvalue weighted by atomic mass is 10.3. The summed E-state index contributed by atoms with van der Waals surface area (Å²) in [6.07, 6.45) is 0. The van der Waals surface area contributed by atoms with Crippen LogP contribution in [0.5, 0.6) is 5.75 Å². The van der Waals surface area contributed by atoms with Gasteiger partial charge < -0.3 is 16.2 Å². The van der Waals surface area contributed by atoms with Gasteiger partial charge >= 0.3 is 0 Å². The molecule has 7 heteroatoms. The molecule has 0 fully saturated rings. The van der Waals surface area contributed by atoms with Gasteiger partial charge in [-0.25, -0.2) is 0 Å². The molecule has 4 N–H and O–H groups in total. The first-order valence-electron chi connectivity index (χ1n) is 4.24. The monoisotopic (exact) mass is 414 g/mol. The zero-order valence-electron chi connectivity index (χ0n) is 8.04. The van der Waals surface area contributed by atoms with E-state index in [9.17, 15) is 4.79 Å². The Morgan fingerprint density at radius 1 is 1.31 bits per heavy atom. The number of primary amides is 1. The first-order chi connectivity index (χ1) is 7.41. The van der Waals surface area contributed by atoms with Crippen LogP contribution in [-0.2, 0) is 4.79 Å². The number of halogens is 3. The van der Waals surface area contributed by atoms with Crippen molar-refractivity contribution in [1.29, 1.82) is 0 Å². The van der Waals surface area contributed by atoms with Crippen molar-refractivity contribution in [2.45, 2.75) is 6.04 Å². The Hall–Kier alpha value is -0.110. The molecule has 0 radical (unpaired) electrons. The third kappa shape index (κ3) is 3.73. The Kier molecular flexibility index (Phi) is 5.23. The maximum atomic E-state index is 10.7. The number of rotatable bonds is 4. The number of ether oxygens (including phenoxy) is 1. The molecule has 1 unspecified atom stereocenters. The van der Waals surface area contributed by atoms with Gasteiger partial charge in [0.05, 0.1) is 8.95 Å². The first kappa shape index (κ1) is 14.0. The molecule has 0 bridgehead atoms. The number of hydrogen-bond donors (Lipinski definition) is 2. The van der Waals surface area contributed by atoms with E-state index >= 15 is 0 Å². The second-order valence-electron chi connectivity index (χ2n) is 3.02. The minimum Gasteiger partial charge on any atom is -0.489 e. The van der Waals surface area contributed by atoms with Gasteiger partial charge in [0.2, 0.25) is 5.91 Å². The number of benzene rings is 1. The summed E-state index contributed by atoms with van der Waals surface area (Å²) < 4.78 is 7.82. The highest BCUT2D eigenvalue weighted by atomic mass is 79.9. The van der Waals surface area contributed by atoms with Crippen molar-refractivity contribution in [1.82, 2.24) is 0 Å². The highest BCUT2D eigenvalue weighted by Gasteiger charge is 2.13. The van der Waals surface area contributed by atoms with E-state index in [0.717, 1.165) is 13.4 Å². The van der Waals surface area contributed by atoms with E-state index in [1.165, 1.54) is 0 Å². The summed E-state index contributed by atoms with van der Waals surface area (Å²) in [4.78, 5) is 10.7. The molecule has 0 aliphatic heterocycles. The summed E-state index contributed by atoms with van der Waals surface area (Å²) in [5.41, 5.74) is 10.5. The van der Waals surface area contributed by atoms with Crippen LogP contribution in [0.25, 0.3) is 0 Å². The molecule has 1 rings (SSSR count). The van der Waals surface area contributed by atoms with Gasteiger partial charge in [0.15, 0.2) is 0 Å². The molecule has 0 heterocycles. The fraction of sp³-hybridized carbons (Fsp3) is 0.222. The smallest absolute Gasteiger partial charge is 0.237 e. The van der Waals surface area contributed by atoms with Gasteiger partial charge in [-0.05, 0) is 44.0 Å². The van der Waals surface area contributed by atoms with Crippen LogP contribution >= 0.6 is 47.8 Å². The van der Waals surface area contributed by atoms with Gasteiger partial charge in [0, 0.05) is 4.47 Å². The quantitative estimate of drug-likeness (QED) is 0.789. The molecule has 88 valence electrons. The second kappa shape index (κ2) is 6.00. The third-order valence-corrected chi connectivity index (χ3v) is 3.37. The van der Waals surface area contributed by atoms with E-state index in [0.29, 0.717) is 5.75 Å². The van der Waals surface area contributed by atoms with Gasteiger partial charge in [0.25, 0.3) is 0 Å². The molecule has 1 aromatic rings. The number of amides is 1. The number of carbonyl (C=O) groups excluding carboxylic acids is 1. The molecule has 0 saturated heterocycles. The molecular weight excluding hydrogens is 408 g/mol. The largest absolute Gasteiger partial charge is 0.489 e. The lowest BCUT2D eigenvalue weighted by Crippen LogP contribution is -2.41. The highest BCUT2D eigenvalue weighted by Crippen LogP contribution is 2.36. The van der Waals surface area contributed by atoms with E-state index in [-0.39, 0.29) is 6.61 Å². The average molecular weight is 417 g/mol. The maximum absolute atomic E-state index is 10.7. The Morgan fingerprint density at radius 3 is 2.25 bits per heavy atom. The van der Waals surface area contributed by atoms with E-state index in [4.69, 9.17) is 16.2 Å². The summed E-state index contributed by atoms with van der Waals surface area (Å²) >= 11 is 10.0. The standard InChI is InChI=1S/C9H9Br3N2O2/c10-4-1-5(11)8(6(12)2-4)16-3-7(13)9(14)15/h1-2,7H,3,13H2,(H2,14,15). The maximum Gasteiger partial charge on any atom is 0.237 e.